The highest BCUT2D eigenvalue weighted by Gasteiger charge is 2.00. The van der Waals surface area contributed by atoms with Crippen molar-refractivity contribution in [2.75, 3.05) is 13.2 Å². The van der Waals surface area contributed by atoms with Crippen molar-refractivity contribution in [2.24, 2.45) is 5.92 Å². The molecule has 0 aliphatic heterocycles. The lowest BCUT2D eigenvalue weighted by molar-refractivity contribution is 0.174. The molecule has 0 aromatic heterocycles. The fourth-order valence-electron chi connectivity index (χ4n) is 0.822. The van der Waals surface area contributed by atoms with Crippen LogP contribution in [-0.4, -0.2) is 18.3 Å². The zero-order valence-electron chi connectivity index (χ0n) is 7.53. The van der Waals surface area contributed by atoms with Crippen LogP contribution in [0.25, 0.3) is 0 Å². The Balaban J connectivity index is 2.41. The Morgan fingerprint density at radius 3 is 2.54 bits per heavy atom. The second-order valence-corrected chi connectivity index (χ2v) is 3.49. The van der Waals surface area contributed by atoms with Gasteiger partial charge < -0.3 is 9.84 Å². The second kappa shape index (κ2) is 5.10. The lowest BCUT2D eigenvalue weighted by Crippen LogP contribution is -2.11. The van der Waals surface area contributed by atoms with Crippen molar-refractivity contribution in [3.63, 3.8) is 0 Å². The molecular weight excluding hydrogens is 188 g/mol. The normalized spacial score (nSPS) is 12.5. The van der Waals surface area contributed by atoms with E-state index in [0.29, 0.717) is 11.6 Å². The molecule has 1 atom stereocenters. The Morgan fingerprint density at radius 2 is 2.00 bits per heavy atom. The average molecular weight is 201 g/mol. The molecule has 0 bridgehead atoms. The quantitative estimate of drug-likeness (QED) is 0.809. The van der Waals surface area contributed by atoms with Crippen molar-refractivity contribution in [2.45, 2.75) is 6.92 Å². The van der Waals surface area contributed by atoms with E-state index in [9.17, 15) is 0 Å². The predicted octanol–water partition coefficient (Wildman–Crippen LogP) is 2.35. The van der Waals surface area contributed by atoms with Crippen LogP contribution in [0.4, 0.5) is 0 Å². The van der Waals surface area contributed by atoms with E-state index < -0.39 is 0 Å². The third-order valence-corrected chi connectivity index (χ3v) is 1.91. The number of ether oxygens (including phenoxy) is 1. The Morgan fingerprint density at radius 1 is 1.38 bits per heavy atom. The van der Waals surface area contributed by atoms with Crippen LogP contribution in [0.2, 0.25) is 5.02 Å². The van der Waals surface area contributed by atoms with Crippen LogP contribution in [0, 0.1) is 5.92 Å². The standard InChI is InChI=1S/C10H13ClO2/c1-8(6-12)7-13-10-4-2-9(11)3-5-10/h2-5,8,12H,6-7H2,1H3/t8-/m1/s1. The molecule has 13 heavy (non-hydrogen) atoms. The van der Waals surface area contributed by atoms with Gasteiger partial charge in [-0.25, -0.2) is 0 Å². The van der Waals surface area contributed by atoms with Crippen LogP contribution in [-0.2, 0) is 0 Å². The fraction of sp³-hybridized carbons (Fsp3) is 0.400. The molecule has 0 radical (unpaired) electrons. The highest BCUT2D eigenvalue weighted by atomic mass is 35.5. The Labute approximate surface area is 83.1 Å². The lowest BCUT2D eigenvalue weighted by Gasteiger charge is -2.09. The molecule has 3 heteroatoms. The highest BCUT2D eigenvalue weighted by molar-refractivity contribution is 6.30. The first kappa shape index (κ1) is 10.4. The average Bonchev–Trinajstić information content (AvgIpc) is 2.16. The molecule has 0 aliphatic carbocycles. The molecule has 2 nitrogen and oxygen atoms in total. The summed E-state index contributed by atoms with van der Waals surface area (Å²) in [5.41, 5.74) is 0. The summed E-state index contributed by atoms with van der Waals surface area (Å²) in [5.74, 6) is 0.945. The first-order valence-electron chi connectivity index (χ1n) is 4.21. The van der Waals surface area contributed by atoms with Gasteiger partial charge in [-0.2, -0.15) is 0 Å². The largest absolute Gasteiger partial charge is 0.493 e. The van der Waals surface area contributed by atoms with E-state index in [1.54, 1.807) is 12.1 Å². The number of hydrogen-bond donors (Lipinski definition) is 1. The molecule has 1 rings (SSSR count). The smallest absolute Gasteiger partial charge is 0.119 e. The molecule has 72 valence electrons. The Hall–Kier alpha value is -0.730. The first-order chi connectivity index (χ1) is 6.22. The van der Waals surface area contributed by atoms with Crippen LogP contribution < -0.4 is 4.74 Å². The molecule has 1 aromatic rings. The van der Waals surface area contributed by atoms with Gasteiger partial charge in [0.25, 0.3) is 0 Å². The number of aliphatic hydroxyl groups is 1. The van der Waals surface area contributed by atoms with Gasteiger partial charge in [-0.05, 0) is 24.3 Å². The van der Waals surface area contributed by atoms with Gasteiger partial charge in [-0.3, -0.25) is 0 Å². The van der Waals surface area contributed by atoms with E-state index in [1.165, 1.54) is 0 Å². The maximum absolute atomic E-state index is 8.76. The van der Waals surface area contributed by atoms with Crippen LogP contribution in [0.15, 0.2) is 24.3 Å². The molecule has 0 unspecified atom stereocenters. The molecule has 0 aliphatic rings. The predicted molar refractivity (Wildman–Crippen MR) is 53.2 cm³/mol. The van der Waals surface area contributed by atoms with Gasteiger partial charge in [0.2, 0.25) is 0 Å². The Bertz CT molecular complexity index is 246. The van der Waals surface area contributed by atoms with Gasteiger partial charge in [-0.15, -0.1) is 0 Å². The van der Waals surface area contributed by atoms with Crippen LogP contribution >= 0.6 is 11.6 Å². The lowest BCUT2D eigenvalue weighted by atomic mass is 10.2. The minimum atomic E-state index is 0.146. The first-order valence-corrected chi connectivity index (χ1v) is 4.59. The number of aliphatic hydroxyl groups excluding tert-OH is 1. The topological polar surface area (TPSA) is 29.5 Å². The van der Waals surface area contributed by atoms with Crippen molar-refractivity contribution in [3.8, 4) is 5.75 Å². The number of halogens is 1. The maximum Gasteiger partial charge on any atom is 0.119 e. The monoisotopic (exact) mass is 200 g/mol. The van der Waals surface area contributed by atoms with Gasteiger partial charge in [0.05, 0.1) is 6.61 Å². The summed E-state index contributed by atoms with van der Waals surface area (Å²) in [6.45, 7) is 2.60. The fourth-order valence-corrected chi connectivity index (χ4v) is 0.948. The summed E-state index contributed by atoms with van der Waals surface area (Å²) in [6.07, 6.45) is 0. The van der Waals surface area contributed by atoms with E-state index in [2.05, 4.69) is 0 Å². The van der Waals surface area contributed by atoms with E-state index in [0.717, 1.165) is 5.75 Å². The van der Waals surface area contributed by atoms with Crippen molar-refractivity contribution >= 4 is 11.6 Å². The highest BCUT2D eigenvalue weighted by Crippen LogP contribution is 2.15. The van der Waals surface area contributed by atoms with E-state index >= 15 is 0 Å². The zero-order chi connectivity index (χ0) is 9.68. The van der Waals surface area contributed by atoms with Crippen molar-refractivity contribution in [1.82, 2.24) is 0 Å². The third kappa shape index (κ3) is 3.66. The van der Waals surface area contributed by atoms with Crippen molar-refractivity contribution in [3.05, 3.63) is 29.3 Å². The minimum absolute atomic E-state index is 0.146. The summed E-state index contributed by atoms with van der Waals surface area (Å²) in [5, 5.41) is 9.45. The van der Waals surface area contributed by atoms with E-state index in [1.807, 2.05) is 19.1 Å². The van der Waals surface area contributed by atoms with Gasteiger partial charge in [0.15, 0.2) is 0 Å². The number of rotatable bonds is 4. The zero-order valence-corrected chi connectivity index (χ0v) is 8.29. The molecule has 0 spiro atoms. The summed E-state index contributed by atoms with van der Waals surface area (Å²) in [7, 11) is 0. The van der Waals surface area contributed by atoms with Crippen LogP contribution in [0.1, 0.15) is 6.92 Å². The Kier molecular flexibility index (Phi) is 4.06. The molecular formula is C10H13ClO2. The van der Waals surface area contributed by atoms with E-state index in [-0.39, 0.29) is 12.5 Å². The summed E-state index contributed by atoms with van der Waals surface area (Å²) in [4.78, 5) is 0. The minimum Gasteiger partial charge on any atom is -0.493 e. The summed E-state index contributed by atoms with van der Waals surface area (Å²) >= 11 is 5.71. The van der Waals surface area contributed by atoms with Crippen LogP contribution in [0.3, 0.4) is 0 Å². The SMILES string of the molecule is C[C@H](CO)COc1ccc(Cl)cc1. The molecule has 1 aromatic carbocycles. The molecule has 0 heterocycles. The number of hydrogen-bond acceptors (Lipinski definition) is 2. The number of benzene rings is 1. The third-order valence-electron chi connectivity index (χ3n) is 1.66. The van der Waals surface area contributed by atoms with E-state index in [4.69, 9.17) is 21.4 Å². The van der Waals surface area contributed by atoms with Crippen molar-refractivity contribution < 1.29 is 9.84 Å². The summed E-state index contributed by atoms with van der Waals surface area (Å²) in [6, 6.07) is 7.18. The van der Waals surface area contributed by atoms with Gasteiger partial charge >= 0.3 is 0 Å². The molecule has 1 N–H and O–H groups in total. The maximum atomic E-state index is 8.76. The second-order valence-electron chi connectivity index (χ2n) is 3.05. The molecule has 0 saturated carbocycles. The molecule has 0 amide bonds. The molecule has 0 saturated heterocycles. The van der Waals surface area contributed by atoms with Gasteiger partial charge in [-0.1, -0.05) is 18.5 Å². The molecule has 0 fully saturated rings. The van der Waals surface area contributed by atoms with Gasteiger partial charge in [0.1, 0.15) is 5.75 Å². The van der Waals surface area contributed by atoms with Crippen LogP contribution in [0.5, 0.6) is 5.75 Å². The van der Waals surface area contributed by atoms with Gasteiger partial charge in [0, 0.05) is 17.5 Å². The summed E-state index contributed by atoms with van der Waals surface area (Å²) < 4.78 is 5.40. The van der Waals surface area contributed by atoms with Crippen molar-refractivity contribution in [1.29, 1.82) is 0 Å².